The van der Waals surface area contributed by atoms with Crippen molar-refractivity contribution in [1.29, 1.82) is 0 Å². The molecule has 7 nitrogen and oxygen atoms in total. The molecule has 38 heavy (non-hydrogen) atoms. The van der Waals surface area contributed by atoms with E-state index in [9.17, 15) is 18.0 Å². The molecule has 0 aliphatic rings. The highest BCUT2D eigenvalue weighted by molar-refractivity contribution is 7.92. The van der Waals surface area contributed by atoms with Crippen LogP contribution < -0.4 is 9.62 Å². The van der Waals surface area contributed by atoms with Gasteiger partial charge in [-0.25, -0.2) is 8.42 Å². The summed E-state index contributed by atoms with van der Waals surface area (Å²) in [6.45, 7) is 7.30. The molecule has 1 atom stereocenters. The Morgan fingerprint density at radius 3 is 2.24 bits per heavy atom. The van der Waals surface area contributed by atoms with Crippen molar-refractivity contribution in [2.75, 3.05) is 23.9 Å². The molecule has 1 unspecified atom stereocenters. The molecular weight excluding hydrogens is 522 g/mol. The first-order chi connectivity index (χ1) is 18.0. The fourth-order valence-electron chi connectivity index (χ4n) is 4.00. The lowest BCUT2D eigenvalue weighted by Gasteiger charge is -2.32. The molecule has 0 fully saturated rings. The Morgan fingerprint density at radius 2 is 1.63 bits per heavy atom. The van der Waals surface area contributed by atoms with Gasteiger partial charge in [-0.15, -0.1) is 0 Å². The predicted molar refractivity (Wildman–Crippen MR) is 152 cm³/mol. The topological polar surface area (TPSA) is 86.8 Å². The van der Waals surface area contributed by atoms with Gasteiger partial charge in [0.1, 0.15) is 12.6 Å². The largest absolute Gasteiger partial charge is 0.355 e. The normalized spacial score (nSPS) is 12.0. The van der Waals surface area contributed by atoms with Gasteiger partial charge in [0, 0.05) is 18.1 Å². The minimum atomic E-state index is -4.13. The Hall–Kier alpha value is -3.36. The first kappa shape index (κ1) is 29.2. The minimum Gasteiger partial charge on any atom is -0.355 e. The standard InChI is InChI=1S/C29H34ClN3O4S/c1-5-31-29(35)23(4)32(18-17-24-9-7-6-8-10-24)28(34)20-33(25-14-13-22(3)27(30)19-25)38(36,37)26-15-11-21(2)12-16-26/h6-16,19,23H,5,17-18,20H2,1-4H3,(H,31,35). The number of anilines is 1. The van der Waals surface area contributed by atoms with Crippen molar-refractivity contribution in [3.8, 4) is 0 Å². The van der Waals surface area contributed by atoms with E-state index in [1.54, 1.807) is 38.1 Å². The molecule has 1 N–H and O–H groups in total. The van der Waals surface area contributed by atoms with Gasteiger partial charge in [0.15, 0.2) is 0 Å². The SMILES string of the molecule is CCNC(=O)C(C)N(CCc1ccccc1)C(=O)CN(c1ccc(C)c(Cl)c1)S(=O)(=O)c1ccc(C)cc1. The highest BCUT2D eigenvalue weighted by atomic mass is 35.5. The summed E-state index contributed by atoms with van der Waals surface area (Å²) in [5, 5.41) is 3.14. The van der Waals surface area contributed by atoms with E-state index in [1.807, 2.05) is 44.2 Å². The molecular formula is C29H34ClN3O4S. The monoisotopic (exact) mass is 555 g/mol. The van der Waals surface area contributed by atoms with Crippen molar-refractivity contribution in [2.45, 2.75) is 45.1 Å². The summed E-state index contributed by atoms with van der Waals surface area (Å²) in [7, 11) is -4.13. The molecule has 0 bridgehead atoms. The number of rotatable bonds is 11. The minimum absolute atomic E-state index is 0.0557. The van der Waals surface area contributed by atoms with Crippen LogP contribution in [0.4, 0.5) is 5.69 Å². The van der Waals surface area contributed by atoms with Crippen molar-refractivity contribution in [1.82, 2.24) is 10.2 Å². The van der Waals surface area contributed by atoms with E-state index in [1.165, 1.54) is 23.1 Å². The second-order valence-electron chi connectivity index (χ2n) is 9.15. The number of amides is 2. The number of aryl methyl sites for hydroxylation is 2. The molecule has 0 radical (unpaired) electrons. The van der Waals surface area contributed by atoms with Crippen molar-refractivity contribution in [2.24, 2.45) is 0 Å². The predicted octanol–water partition coefficient (Wildman–Crippen LogP) is 4.75. The average molecular weight is 556 g/mol. The Kier molecular flexibility index (Phi) is 9.94. The van der Waals surface area contributed by atoms with E-state index in [0.717, 1.165) is 21.0 Å². The van der Waals surface area contributed by atoms with Crippen LogP contribution >= 0.6 is 11.6 Å². The van der Waals surface area contributed by atoms with Crippen LogP contribution in [0, 0.1) is 13.8 Å². The van der Waals surface area contributed by atoms with Crippen LogP contribution in [0.1, 0.15) is 30.5 Å². The number of benzene rings is 3. The number of halogens is 1. The first-order valence-electron chi connectivity index (χ1n) is 12.5. The van der Waals surface area contributed by atoms with Gasteiger partial charge < -0.3 is 10.2 Å². The molecule has 2 amide bonds. The molecule has 3 rings (SSSR count). The molecule has 9 heteroatoms. The van der Waals surface area contributed by atoms with Crippen molar-refractivity contribution >= 4 is 39.1 Å². The van der Waals surface area contributed by atoms with Crippen LogP contribution in [0.25, 0.3) is 0 Å². The van der Waals surface area contributed by atoms with Gasteiger partial charge in [0.05, 0.1) is 10.6 Å². The number of carbonyl (C=O) groups is 2. The smallest absolute Gasteiger partial charge is 0.264 e. The van der Waals surface area contributed by atoms with Gasteiger partial charge in [0.2, 0.25) is 11.8 Å². The molecule has 0 spiro atoms. The average Bonchev–Trinajstić information content (AvgIpc) is 2.90. The maximum absolute atomic E-state index is 13.8. The number of hydrogen-bond donors (Lipinski definition) is 1. The zero-order valence-corrected chi connectivity index (χ0v) is 23.7. The quantitative estimate of drug-likeness (QED) is 0.370. The molecule has 0 saturated heterocycles. The zero-order chi connectivity index (χ0) is 27.9. The van der Waals surface area contributed by atoms with E-state index in [-0.39, 0.29) is 23.0 Å². The van der Waals surface area contributed by atoms with Gasteiger partial charge in [-0.1, -0.05) is 65.7 Å². The third-order valence-corrected chi connectivity index (χ3v) is 8.53. The molecule has 3 aromatic rings. The Balaban J connectivity index is 2.00. The highest BCUT2D eigenvalue weighted by Crippen LogP contribution is 2.28. The number of sulfonamides is 1. The van der Waals surface area contributed by atoms with Gasteiger partial charge in [-0.2, -0.15) is 0 Å². The van der Waals surface area contributed by atoms with Crippen LogP contribution in [-0.4, -0.2) is 50.8 Å². The van der Waals surface area contributed by atoms with Gasteiger partial charge in [-0.3, -0.25) is 13.9 Å². The fourth-order valence-corrected chi connectivity index (χ4v) is 5.58. The number of nitrogens with one attached hydrogen (secondary N) is 1. The summed E-state index contributed by atoms with van der Waals surface area (Å²) in [5.41, 5.74) is 2.96. The molecule has 0 aliphatic heterocycles. The Morgan fingerprint density at radius 1 is 0.974 bits per heavy atom. The molecule has 202 valence electrons. The summed E-state index contributed by atoms with van der Waals surface area (Å²) >= 11 is 6.35. The van der Waals surface area contributed by atoms with E-state index in [2.05, 4.69) is 5.32 Å². The number of carbonyl (C=O) groups excluding carboxylic acids is 2. The van der Waals surface area contributed by atoms with Crippen molar-refractivity contribution in [3.05, 3.63) is 94.5 Å². The van der Waals surface area contributed by atoms with Crippen LogP contribution in [0.2, 0.25) is 5.02 Å². The molecule has 3 aromatic carbocycles. The lowest BCUT2D eigenvalue weighted by atomic mass is 10.1. The third-order valence-electron chi connectivity index (χ3n) is 6.33. The van der Waals surface area contributed by atoms with Crippen molar-refractivity contribution in [3.63, 3.8) is 0 Å². The van der Waals surface area contributed by atoms with E-state index in [4.69, 9.17) is 11.6 Å². The van der Waals surface area contributed by atoms with Crippen LogP contribution in [0.5, 0.6) is 0 Å². The van der Waals surface area contributed by atoms with Crippen molar-refractivity contribution < 1.29 is 18.0 Å². The van der Waals surface area contributed by atoms with Crippen LogP contribution in [0.3, 0.4) is 0 Å². The van der Waals surface area contributed by atoms with Gasteiger partial charge in [0.25, 0.3) is 10.0 Å². The number of nitrogens with zero attached hydrogens (tertiary/aromatic N) is 2. The molecule has 0 saturated carbocycles. The van der Waals surface area contributed by atoms with Crippen LogP contribution in [0.15, 0.2) is 77.7 Å². The second kappa shape index (κ2) is 12.9. The van der Waals surface area contributed by atoms with Gasteiger partial charge >= 0.3 is 0 Å². The number of hydrogen-bond acceptors (Lipinski definition) is 4. The van der Waals surface area contributed by atoms with Gasteiger partial charge in [-0.05, 0) is 69.5 Å². The summed E-state index contributed by atoms with van der Waals surface area (Å²) in [4.78, 5) is 28.0. The fraction of sp³-hybridized carbons (Fsp3) is 0.310. The van der Waals surface area contributed by atoms with Crippen LogP contribution in [-0.2, 0) is 26.0 Å². The third kappa shape index (κ3) is 7.14. The zero-order valence-electron chi connectivity index (χ0n) is 22.1. The second-order valence-corrected chi connectivity index (χ2v) is 11.4. The van der Waals surface area contributed by atoms with E-state index in [0.29, 0.717) is 18.0 Å². The van der Waals surface area contributed by atoms with E-state index >= 15 is 0 Å². The maximum atomic E-state index is 13.8. The summed E-state index contributed by atoms with van der Waals surface area (Å²) in [6, 6.07) is 20.1. The Bertz CT molecular complexity index is 1360. The first-order valence-corrected chi connectivity index (χ1v) is 14.3. The highest BCUT2D eigenvalue weighted by Gasteiger charge is 2.32. The lowest BCUT2D eigenvalue weighted by Crippen LogP contribution is -2.52. The summed E-state index contributed by atoms with van der Waals surface area (Å²) < 4.78 is 28.7. The molecule has 0 heterocycles. The Labute approximate surface area is 230 Å². The summed E-state index contributed by atoms with van der Waals surface area (Å²) in [5.74, 6) is -0.799. The maximum Gasteiger partial charge on any atom is 0.264 e. The molecule has 0 aliphatic carbocycles. The number of likely N-dealkylation sites (N-methyl/N-ethyl adjacent to an activating group) is 1. The summed E-state index contributed by atoms with van der Waals surface area (Å²) in [6.07, 6.45) is 0.511. The van der Waals surface area contributed by atoms with E-state index < -0.39 is 28.5 Å². The lowest BCUT2D eigenvalue weighted by molar-refractivity contribution is -0.138. The molecule has 0 aromatic heterocycles.